The smallest absolute Gasteiger partial charge is 0.217 e. The first-order valence-electron chi connectivity index (χ1n) is 4.95. The highest BCUT2D eigenvalue weighted by molar-refractivity contribution is 5.94. The second-order valence-corrected chi connectivity index (χ2v) is 3.83. The Balaban J connectivity index is 2.18. The Morgan fingerprint density at radius 2 is 2.36 bits per heavy atom. The van der Waals surface area contributed by atoms with Crippen molar-refractivity contribution in [2.24, 2.45) is 10.9 Å². The van der Waals surface area contributed by atoms with E-state index >= 15 is 0 Å². The fraction of sp³-hybridized carbons (Fsp3) is 0.417. The number of rotatable bonds is 2. The summed E-state index contributed by atoms with van der Waals surface area (Å²) in [7, 11) is 0. The van der Waals surface area contributed by atoms with E-state index in [2.05, 4.69) is 24.9 Å². The van der Waals surface area contributed by atoms with Gasteiger partial charge in [0, 0.05) is 5.56 Å². The maximum atomic E-state index is 5.53. The molecular weight excluding hydrogens is 174 g/mol. The van der Waals surface area contributed by atoms with Crippen LogP contribution >= 0.6 is 0 Å². The van der Waals surface area contributed by atoms with Crippen molar-refractivity contribution in [2.45, 2.75) is 19.9 Å². The van der Waals surface area contributed by atoms with E-state index < -0.39 is 0 Å². The molecule has 0 fully saturated rings. The van der Waals surface area contributed by atoms with E-state index in [9.17, 15) is 0 Å². The Morgan fingerprint density at radius 3 is 2.93 bits per heavy atom. The van der Waals surface area contributed by atoms with Crippen molar-refractivity contribution in [1.82, 2.24) is 0 Å². The summed E-state index contributed by atoms with van der Waals surface area (Å²) in [4.78, 5) is 4.52. The Hall–Kier alpha value is -1.31. The van der Waals surface area contributed by atoms with E-state index in [0.717, 1.165) is 11.5 Å². The molecule has 0 saturated heterocycles. The zero-order valence-corrected chi connectivity index (χ0v) is 8.53. The zero-order valence-electron chi connectivity index (χ0n) is 8.53. The van der Waals surface area contributed by atoms with Gasteiger partial charge in [-0.1, -0.05) is 32.0 Å². The van der Waals surface area contributed by atoms with E-state index in [1.807, 2.05) is 24.3 Å². The fourth-order valence-corrected chi connectivity index (χ4v) is 1.40. The van der Waals surface area contributed by atoms with Crippen molar-refractivity contribution in [2.75, 3.05) is 6.61 Å². The largest absolute Gasteiger partial charge is 0.475 e. The van der Waals surface area contributed by atoms with Gasteiger partial charge in [0.1, 0.15) is 6.61 Å². The van der Waals surface area contributed by atoms with Crippen molar-refractivity contribution < 1.29 is 4.74 Å². The molecule has 0 unspecified atom stereocenters. The second kappa shape index (κ2) is 3.82. The SMILES string of the molecule is CC(C)[C@H]1COC(c2[c]cccc2)=N1. The van der Waals surface area contributed by atoms with Crippen LogP contribution in [-0.2, 0) is 4.74 Å². The average Bonchev–Trinajstić information content (AvgIpc) is 2.68. The Morgan fingerprint density at radius 1 is 1.50 bits per heavy atom. The first kappa shape index (κ1) is 9.25. The van der Waals surface area contributed by atoms with Crippen LogP contribution in [0.15, 0.2) is 29.3 Å². The molecule has 1 aliphatic heterocycles. The number of nitrogens with zero attached hydrogens (tertiary/aromatic N) is 1. The lowest BCUT2D eigenvalue weighted by atomic mass is 10.1. The van der Waals surface area contributed by atoms with Gasteiger partial charge in [-0.3, -0.25) is 0 Å². The third-order valence-corrected chi connectivity index (χ3v) is 2.38. The molecule has 1 aliphatic rings. The van der Waals surface area contributed by atoms with Crippen molar-refractivity contribution >= 4 is 5.90 Å². The summed E-state index contributed by atoms with van der Waals surface area (Å²) < 4.78 is 5.53. The minimum Gasteiger partial charge on any atom is -0.475 e. The van der Waals surface area contributed by atoms with Crippen molar-refractivity contribution in [3.05, 3.63) is 35.9 Å². The van der Waals surface area contributed by atoms with E-state index in [-0.39, 0.29) is 0 Å². The molecule has 0 aromatic heterocycles. The van der Waals surface area contributed by atoms with Gasteiger partial charge in [0.2, 0.25) is 5.90 Å². The van der Waals surface area contributed by atoms with Crippen LogP contribution in [0.4, 0.5) is 0 Å². The van der Waals surface area contributed by atoms with Crippen LogP contribution in [0.3, 0.4) is 0 Å². The third-order valence-electron chi connectivity index (χ3n) is 2.38. The average molecular weight is 188 g/mol. The van der Waals surface area contributed by atoms with Gasteiger partial charge in [0.15, 0.2) is 0 Å². The molecule has 1 radical (unpaired) electrons. The summed E-state index contributed by atoms with van der Waals surface area (Å²) in [6.45, 7) is 5.03. The molecule has 0 aliphatic carbocycles. The maximum absolute atomic E-state index is 5.53. The van der Waals surface area contributed by atoms with Gasteiger partial charge in [-0.05, 0) is 18.1 Å². The van der Waals surface area contributed by atoms with E-state index in [0.29, 0.717) is 18.6 Å². The summed E-state index contributed by atoms with van der Waals surface area (Å²) in [6, 6.07) is 11.2. The van der Waals surface area contributed by atoms with Crippen LogP contribution in [-0.4, -0.2) is 18.5 Å². The van der Waals surface area contributed by atoms with Gasteiger partial charge >= 0.3 is 0 Å². The number of benzene rings is 1. The molecule has 1 aromatic carbocycles. The van der Waals surface area contributed by atoms with Gasteiger partial charge in [-0.25, -0.2) is 4.99 Å². The number of ether oxygens (including phenoxy) is 1. The van der Waals surface area contributed by atoms with Gasteiger partial charge in [-0.15, -0.1) is 0 Å². The minimum absolute atomic E-state index is 0.304. The predicted octanol–water partition coefficient (Wildman–Crippen LogP) is 2.29. The number of hydrogen-bond donors (Lipinski definition) is 0. The second-order valence-electron chi connectivity index (χ2n) is 3.83. The minimum atomic E-state index is 0.304. The van der Waals surface area contributed by atoms with Crippen LogP contribution in [0.5, 0.6) is 0 Å². The molecular formula is C12H14NO. The van der Waals surface area contributed by atoms with E-state index in [4.69, 9.17) is 4.74 Å². The van der Waals surface area contributed by atoms with Gasteiger partial charge in [-0.2, -0.15) is 0 Å². The van der Waals surface area contributed by atoms with Crippen molar-refractivity contribution in [3.63, 3.8) is 0 Å². The fourth-order valence-electron chi connectivity index (χ4n) is 1.40. The van der Waals surface area contributed by atoms with Gasteiger partial charge < -0.3 is 4.74 Å². The molecule has 1 heterocycles. The Bertz CT molecular complexity index is 329. The number of hydrogen-bond acceptors (Lipinski definition) is 2. The molecule has 2 heteroatoms. The molecule has 0 amide bonds. The molecule has 14 heavy (non-hydrogen) atoms. The summed E-state index contributed by atoms with van der Waals surface area (Å²) >= 11 is 0. The van der Waals surface area contributed by atoms with Crippen LogP contribution in [0.2, 0.25) is 0 Å². The van der Waals surface area contributed by atoms with Crippen LogP contribution in [0.25, 0.3) is 0 Å². The topological polar surface area (TPSA) is 21.6 Å². The Labute approximate surface area is 84.6 Å². The highest BCUT2D eigenvalue weighted by Crippen LogP contribution is 2.16. The first-order chi connectivity index (χ1) is 6.77. The van der Waals surface area contributed by atoms with Crippen LogP contribution in [0, 0.1) is 12.0 Å². The maximum Gasteiger partial charge on any atom is 0.217 e. The lowest BCUT2D eigenvalue weighted by Crippen LogP contribution is -2.13. The van der Waals surface area contributed by atoms with Gasteiger partial charge in [0.05, 0.1) is 6.04 Å². The molecule has 2 rings (SSSR count). The zero-order chi connectivity index (χ0) is 9.97. The summed E-state index contributed by atoms with van der Waals surface area (Å²) in [6.07, 6.45) is 0. The molecule has 0 spiro atoms. The lowest BCUT2D eigenvalue weighted by molar-refractivity contribution is 0.292. The standard InChI is InChI=1S/C12H14NO/c1-9(2)11-8-14-12(13-11)10-6-4-3-5-7-10/h3-6,9,11H,8H2,1-2H3/t11-/m1/s1. The number of aliphatic imine (C=N–C) groups is 1. The normalized spacial score (nSPS) is 20.8. The molecule has 0 N–H and O–H groups in total. The predicted molar refractivity (Wildman–Crippen MR) is 56.4 cm³/mol. The monoisotopic (exact) mass is 188 g/mol. The summed E-state index contributed by atoms with van der Waals surface area (Å²) in [5.74, 6) is 1.28. The highest BCUT2D eigenvalue weighted by atomic mass is 16.5. The molecule has 73 valence electrons. The molecule has 0 bridgehead atoms. The van der Waals surface area contributed by atoms with Crippen molar-refractivity contribution in [3.8, 4) is 0 Å². The van der Waals surface area contributed by atoms with Crippen LogP contribution < -0.4 is 0 Å². The molecule has 0 saturated carbocycles. The molecule has 1 atom stereocenters. The van der Waals surface area contributed by atoms with Crippen LogP contribution in [0.1, 0.15) is 19.4 Å². The van der Waals surface area contributed by atoms with Crippen molar-refractivity contribution in [1.29, 1.82) is 0 Å². The highest BCUT2D eigenvalue weighted by Gasteiger charge is 2.22. The van der Waals surface area contributed by atoms with E-state index in [1.165, 1.54) is 0 Å². The lowest BCUT2D eigenvalue weighted by Gasteiger charge is -2.06. The van der Waals surface area contributed by atoms with E-state index in [1.54, 1.807) is 0 Å². The quantitative estimate of drug-likeness (QED) is 0.697. The Kier molecular flexibility index (Phi) is 2.53. The molecule has 1 aromatic rings. The third kappa shape index (κ3) is 1.79. The van der Waals surface area contributed by atoms with Gasteiger partial charge in [0.25, 0.3) is 0 Å². The molecule has 2 nitrogen and oxygen atoms in total. The summed E-state index contributed by atoms with van der Waals surface area (Å²) in [5.41, 5.74) is 0.954. The summed E-state index contributed by atoms with van der Waals surface area (Å²) in [5, 5.41) is 0. The first-order valence-corrected chi connectivity index (χ1v) is 4.95.